The molecule has 7 nitrogen and oxygen atoms in total. The molecule has 1 rings (SSSR count). The quantitative estimate of drug-likeness (QED) is 0.208. The zero-order valence-corrected chi connectivity index (χ0v) is 19.5. The minimum atomic E-state index is -3.72. The largest absolute Gasteiger partial charge is 0.462 e. The summed E-state index contributed by atoms with van der Waals surface area (Å²) >= 11 is 0. The Morgan fingerprint density at radius 2 is 1.13 bits per heavy atom. The number of carbonyl (C=O) groups is 2. The zero-order chi connectivity index (χ0) is 22.4. The molecule has 0 aliphatic carbocycles. The molecule has 0 aliphatic heterocycles. The SMILES string of the molecule is CCCCOC(=O)c1cc(C(=O)OCCCC)cc(P(=O)(OCCC)OCCC)c1. The number of benzene rings is 1. The van der Waals surface area contributed by atoms with E-state index >= 15 is 0 Å². The summed E-state index contributed by atoms with van der Waals surface area (Å²) in [7, 11) is -3.72. The predicted molar refractivity (Wildman–Crippen MR) is 117 cm³/mol. The molecule has 8 heteroatoms. The normalized spacial score (nSPS) is 11.3. The lowest BCUT2D eigenvalue weighted by Crippen LogP contribution is -2.18. The summed E-state index contributed by atoms with van der Waals surface area (Å²) in [5.74, 6) is -1.18. The van der Waals surface area contributed by atoms with Crippen molar-refractivity contribution in [1.29, 1.82) is 0 Å². The fourth-order valence-corrected chi connectivity index (χ4v) is 4.21. The summed E-state index contributed by atoms with van der Waals surface area (Å²) in [5, 5.41) is 0.150. The lowest BCUT2D eigenvalue weighted by molar-refractivity contribution is 0.0498. The van der Waals surface area contributed by atoms with Crippen molar-refractivity contribution in [3.63, 3.8) is 0 Å². The molecule has 0 saturated heterocycles. The van der Waals surface area contributed by atoms with Crippen molar-refractivity contribution < 1.29 is 32.7 Å². The maximum atomic E-state index is 13.5. The van der Waals surface area contributed by atoms with E-state index in [1.54, 1.807) is 0 Å². The van der Waals surface area contributed by atoms with Crippen LogP contribution in [0, 0.1) is 0 Å². The van der Waals surface area contributed by atoms with Gasteiger partial charge in [-0.05, 0) is 43.9 Å². The van der Waals surface area contributed by atoms with Gasteiger partial charge in [-0.3, -0.25) is 4.57 Å². The summed E-state index contributed by atoms with van der Waals surface area (Å²) in [4.78, 5) is 25.0. The highest BCUT2D eigenvalue weighted by Crippen LogP contribution is 2.47. The van der Waals surface area contributed by atoms with Crippen LogP contribution in [0.1, 0.15) is 86.9 Å². The van der Waals surface area contributed by atoms with Crippen LogP contribution in [-0.2, 0) is 23.1 Å². The first-order valence-corrected chi connectivity index (χ1v) is 12.3. The van der Waals surface area contributed by atoms with Crippen molar-refractivity contribution in [3.05, 3.63) is 29.3 Å². The van der Waals surface area contributed by atoms with Gasteiger partial charge >= 0.3 is 19.5 Å². The van der Waals surface area contributed by atoms with Crippen LogP contribution in [0.5, 0.6) is 0 Å². The third-order valence-corrected chi connectivity index (χ3v) is 6.03. The number of hydrogen-bond acceptors (Lipinski definition) is 7. The second-order valence-electron chi connectivity index (χ2n) is 6.91. The molecule has 0 fully saturated rings. The van der Waals surface area contributed by atoms with E-state index in [1.807, 2.05) is 27.7 Å². The van der Waals surface area contributed by atoms with Gasteiger partial charge in [-0.2, -0.15) is 0 Å². The Morgan fingerprint density at radius 1 is 0.700 bits per heavy atom. The van der Waals surface area contributed by atoms with E-state index in [1.165, 1.54) is 18.2 Å². The molecule has 0 saturated carbocycles. The highest BCUT2D eigenvalue weighted by molar-refractivity contribution is 7.62. The summed E-state index contributed by atoms with van der Waals surface area (Å²) < 4.78 is 35.1. The van der Waals surface area contributed by atoms with Crippen LogP contribution in [0.15, 0.2) is 18.2 Å². The molecule has 0 radical (unpaired) electrons. The number of unbranched alkanes of at least 4 members (excludes halogenated alkanes) is 2. The predicted octanol–water partition coefficient (Wildman–Crippen LogP) is 5.27. The molecule has 1 aromatic carbocycles. The third kappa shape index (κ3) is 8.58. The first-order valence-electron chi connectivity index (χ1n) is 10.8. The lowest BCUT2D eigenvalue weighted by atomic mass is 10.1. The van der Waals surface area contributed by atoms with Crippen molar-refractivity contribution in [2.24, 2.45) is 0 Å². The van der Waals surface area contributed by atoms with Gasteiger partial charge in [0.1, 0.15) is 0 Å². The van der Waals surface area contributed by atoms with E-state index in [4.69, 9.17) is 18.5 Å². The van der Waals surface area contributed by atoms with Crippen molar-refractivity contribution in [2.75, 3.05) is 26.4 Å². The number of esters is 2. The van der Waals surface area contributed by atoms with Gasteiger partial charge in [-0.15, -0.1) is 0 Å². The first kappa shape index (κ1) is 26.3. The molecule has 0 amide bonds. The monoisotopic (exact) mass is 442 g/mol. The Morgan fingerprint density at radius 3 is 1.50 bits per heavy atom. The number of carbonyl (C=O) groups excluding carboxylic acids is 2. The van der Waals surface area contributed by atoms with Gasteiger partial charge < -0.3 is 18.5 Å². The van der Waals surface area contributed by atoms with Crippen molar-refractivity contribution >= 4 is 24.8 Å². The Hall–Kier alpha value is -1.69. The van der Waals surface area contributed by atoms with Crippen LogP contribution in [0.25, 0.3) is 0 Å². The summed E-state index contributed by atoms with van der Waals surface area (Å²) in [6, 6.07) is 4.24. The fourth-order valence-electron chi connectivity index (χ4n) is 2.40. The molecule has 0 aliphatic rings. The van der Waals surface area contributed by atoms with E-state index in [2.05, 4.69) is 0 Å². The van der Waals surface area contributed by atoms with Crippen molar-refractivity contribution in [3.8, 4) is 0 Å². The second-order valence-corrected chi connectivity index (χ2v) is 8.94. The van der Waals surface area contributed by atoms with E-state index in [0.717, 1.165) is 25.7 Å². The molecule has 0 spiro atoms. The zero-order valence-electron chi connectivity index (χ0n) is 18.6. The summed E-state index contributed by atoms with van der Waals surface area (Å²) in [6.07, 6.45) is 4.51. The second kappa shape index (κ2) is 14.3. The molecular weight excluding hydrogens is 407 g/mol. The van der Waals surface area contributed by atoms with E-state index in [9.17, 15) is 14.2 Å². The maximum absolute atomic E-state index is 13.5. The average Bonchev–Trinajstić information content (AvgIpc) is 2.76. The molecule has 0 atom stereocenters. The molecule has 0 aromatic heterocycles. The molecular formula is C22H35O7P. The minimum Gasteiger partial charge on any atom is -0.462 e. The van der Waals surface area contributed by atoms with Crippen molar-refractivity contribution in [2.45, 2.75) is 66.2 Å². The van der Waals surface area contributed by atoms with Gasteiger partial charge in [0.2, 0.25) is 0 Å². The highest BCUT2D eigenvalue weighted by Gasteiger charge is 2.30. The summed E-state index contributed by atoms with van der Waals surface area (Å²) in [6.45, 7) is 8.75. The van der Waals surface area contributed by atoms with Gasteiger partial charge in [0.05, 0.1) is 42.9 Å². The molecule has 0 N–H and O–H groups in total. The van der Waals surface area contributed by atoms with Crippen LogP contribution >= 0.6 is 7.60 Å². The first-order chi connectivity index (χ1) is 14.4. The molecule has 0 unspecified atom stereocenters. The lowest BCUT2D eigenvalue weighted by Gasteiger charge is -2.19. The van der Waals surface area contributed by atoms with Gasteiger partial charge in [0, 0.05) is 0 Å². The number of rotatable bonds is 15. The van der Waals surface area contributed by atoms with Crippen LogP contribution in [-0.4, -0.2) is 38.4 Å². The minimum absolute atomic E-state index is 0.117. The van der Waals surface area contributed by atoms with Gasteiger partial charge in [-0.25, -0.2) is 9.59 Å². The van der Waals surface area contributed by atoms with Gasteiger partial charge in [0.25, 0.3) is 0 Å². The van der Waals surface area contributed by atoms with E-state index < -0.39 is 19.5 Å². The smallest absolute Gasteiger partial charge is 0.361 e. The molecule has 0 bridgehead atoms. The Kier molecular flexibility index (Phi) is 12.6. The average molecular weight is 442 g/mol. The van der Waals surface area contributed by atoms with E-state index in [-0.39, 0.29) is 42.9 Å². The standard InChI is InChI=1S/C22H35O7P/c1-5-9-13-26-21(23)18-15-19(22(24)27-14-10-6-2)17-20(16-18)30(25,28-11-7-3)29-12-8-4/h15-17H,5-14H2,1-4H3. The molecule has 170 valence electrons. The van der Waals surface area contributed by atoms with Crippen LogP contribution in [0.4, 0.5) is 0 Å². The topological polar surface area (TPSA) is 88.1 Å². The maximum Gasteiger partial charge on any atom is 0.361 e. The number of ether oxygens (including phenoxy) is 2. The third-order valence-electron chi connectivity index (χ3n) is 4.10. The van der Waals surface area contributed by atoms with Crippen LogP contribution in [0.2, 0.25) is 0 Å². The Labute approximate surface area is 180 Å². The van der Waals surface area contributed by atoms with E-state index in [0.29, 0.717) is 12.8 Å². The molecule has 0 heterocycles. The van der Waals surface area contributed by atoms with Crippen LogP contribution in [0.3, 0.4) is 0 Å². The van der Waals surface area contributed by atoms with Gasteiger partial charge in [-0.1, -0.05) is 40.5 Å². The molecule has 1 aromatic rings. The molecule has 30 heavy (non-hydrogen) atoms. The fraction of sp³-hybridized carbons (Fsp3) is 0.636. The van der Waals surface area contributed by atoms with Gasteiger partial charge in [0.15, 0.2) is 0 Å². The summed E-state index contributed by atoms with van der Waals surface area (Å²) in [5.41, 5.74) is 0.234. The Balaban J connectivity index is 3.30. The Bertz CT molecular complexity index is 665. The highest BCUT2D eigenvalue weighted by atomic mass is 31.2. The van der Waals surface area contributed by atoms with Crippen molar-refractivity contribution in [1.82, 2.24) is 0 Å². The number of hydrogen-bond donors (Lipinski definition) is 0. The van der Waals surface area contributed by atoms with Crippen LogP contribution < -0.4 is 5.30 Å².